The third kappa shape index (κ3) is 4.09. The van der Waals surface area contributed by atoms with Gasteiger partial charge in [-0.2, -0.15) is 0 Å². The first-order chi connectivity index (χ1) is 11.2. The van der Waals surface area contributed by atoms with Crippen LogP contribution in [0.5, 0.6) is 0 Å². The predicted molar refractivity (Wildman–Crippen MR) is 91.3 cm³/mol. The maximum atomic E-state index is 12.1. The Morgan fingerprint density at radius 1 is 0.739 bits per heavy atom. The minimum absolute atomic E-state index is 0.411. The third-order valence-corrected chi connectivity index (χ3v) is 5.76. The summed E-state index contributed by atoms with van der Waals surface area (Å²) < 4.78 is 10.9. The summed E-state index contributed by atoms with van der Waals surface area (Å²) in [6.07, 6.45) is 0. The van der Waals surface area contributed by atoms with Crippen molar-refractivity contribution in [2.24, 2.45) is 0 Å². The lowest BCUT2D eigenvalue weighted by atomic mass is 10.2. The Labute approximate surface area is 142 Å². The molecule has 1 saturated heterocycles. The first kappa shape index (κ1) is 16.0. The van der Waals surface area contributed by atoms with Gasteiger partial charge in [0.1, 0.15) is 0 Å². The van der Waals surface area contributed by atoms with Gasteiger partial charge in [-0.05, 0) is 24.3 Å². The number of benzene rings is 2. The lowest BCUT2D eigenvalue weighted by Gasteiger charge is -2.18. The summed E-state index contributed by atoms with van der Waals surface area (Å²) in [5, 5.41) is 0.708. The topological polar surface area (TPSA) is 52.6 Å². The average molecular weight is 346 g/mol. The molecule has 118 valence electrons. The zero-order valence-electron chi connectivity index (χ0n) is 12.1. The molecule has 0 N–H and O–H groups in total. The van der Waals surface area contributed by atoms with E-state index >= 15 is 0 Å². The van der Waals surface area contributed by atoms with Gasteiger partial charge in [-0.3, -0.25) is 0 Å². The van der Waals surface area contributed by atoms with Crippen molar-refractivity contribution in [3.8, 4) is 0 Å². The molecule has 0 aliphatic carbocycles. The fourth-order valence-corrected chi connectivity index (χ4v) is 4.60. The molecule has 2 atom stereocenters. The zero-order valence-corrected chi connectivity index (χ0v) is 13.7. The van der Waals surface area contributed by atoms with Gasteiger partial charge in [0, 0.05) is 5.08 Å². The van der Waals surface area contributed by atoms with E-state index < -0.39 is 22.8 Å². The Hall–Kier alpha value is -1.92. The Balaban J connectivity index is 1.62. The monoisotopic (exact) mass is 346 g/mol. The molecule has 1 heterocycles. The van der Waals surface area contributed by atoms with Crippen LogP contribution in [0.4, 0.5) is 0 Å². The minimum atomic E-state index is -0.500. The van der Waals surface area contributed by atoms with E-state index in [1.54, 1.807) is 48.5 Å². The van der Waals surface area contributed by atoms with Gasteiger partial charge in [0.2, 0.25) is 0 Å². The number of ether oxygens (including phenoxy) is 2. The molecule has 0 amide bonds. The van der Waals surface area contributed by atoms with Gasteiger partial charge in [0.05, 0.1) is 11.1 Å². The molecule has 3 rings (SSSR count). The normalized spacial score (nSPS) is 20.0. The molecular weight excluding hydrogens is 332 g/mol. The molecule has 0 saturated carbocycles. The van der Waals surface area contributed by atoms with Crippen molar-refractivity contribution in [1.29, 1.82) is 0 Å². The van der Waals surface area contributed by atoms with Crippen LogP contribution in [0.25, 0.3) is 0 Å². The highest BCUT2D eigenvalue weighted by Gasteiger charge is 2.35. The first-order valence-electron chi connectivity index (χ1n) is 6.99. The van der Waals surface area contributed by atoms with E-state index in [-0.39, 0.29) is 0 Å². The van der Waals surface area contributed by atoms with Crippen molar-refractivity contribution >= 4 is 35.5 Å². The van der Waals surface area contributed by atoms with E-state index in [0.717, 1.165) is 0 Å². The van der Waals surface area contributed by atoms with E-state index in [4.69, 9.17) is 9.47 Å². The molecule has 1 aliphatic rings. The smallest absolute Gasteiger partial charge is 0.339 e. The molecule has 1 fully saturated rings. The van der Waals surface area contributed by atoms with E-state index in [2.05, 4.69) is 0 Å². The molecule has 4 nitrogen and oxygen atoms in total. The van der Waals surface area contributed by atoms with Crippen LogP contribution in [-0.2, 0) is 9.47 Å². The lowest BCUT2D eigenvalue weighted by Crippen LogP contribution is -2.27. The summed E-state index contributed by atoms with van der Waals surface area (Å²) >= 11 is 2.91. The summed E-state index contributed by atoms with van der Waals surface area (Å²) in [5.74, 6) is -0.822. The number of rotatable bonds is 4. The van der Waals surface area contributed by atoms with Crippen LogP contribution in [0.15, 0.2) is 60.7 Å². The Morgan fingerprint density at radius 3 is 1.52 bits per heavy atom. The van der Waals surface area contributed by atoms with Gasteiger partial charge < -0.3 is 9.47 Å². The second-order valence-electron chi connectivity index (χ2n) is 4.73. The second kappa shape index (κ2) is 7.57. The van der Waals surface area contributed by atoms with Crippen LogP contribution >= 0.6 is 23.5 Å². The second-order valence-corrected chi connectivity index (χ2v) is 7.27. The van der Waals surface area contributed by atoms with Gasteiger partial charge in [-0.1, -0.05) is 36.4 Å². The van der Waals surface area contributed by atoms with Crippen molar-refractivity contribution in [2.45, 2.75) is 10.9 Å². The highest BCUT2D eigenvalue weighted by Crippen LogP contribution is 2.38. The number of carbonyl (C=O) groups is 2. The predicted octanol–water partition coefficient (Wildman–Crippen LogP) is 3.79. The summed E-state index contributed by atoms with van der Waals surface area (Å²) in [5.41, 5.74) is -0.0305. The van der Waals surface area contributed by atoms with Crippen molar-refractivity contribution in [1.82, 2.24) is 0 Å². The SMILES string of the molecule is O=C(OC1SCSC1OC(=O)c1ccccc1)c1ccccc1. The Morgan fingerprint density at radius 2 is 1.13 bits per heavy atom. The first-order valence-corrected chi connectivity index (χ1v) is 9.09. The van der Waals surface area contributed by atoms with Gasteiger partial charge in [-0.15, -0.1) is 23.5 Å². The fraction of sp³-hybridized carbons (Fsp3) is 0.176. The average Bonchev–Trinajstić information content (AvgIpc) is 3.03. The molecule has 2 aromatic rings. The van der Waals surface area contributed by atoms with Gasteiger partial charge in [0.15, 0.2) is 10.9 Å². The summed E-state index contributed by atoms with van der Waals surface area (Å²) in [7, 11) is 0. The van der Waals surface area contributed by atoms with Gasteiger partial charge in [-0.25, -0.2) is 9.59 Å². The van der Waals surface area contributed by atoms with E-state index in [0.29, 0.717) is 16.2 Å². The summed E-state index contributed by atoms with van der Waals surface area (Å²) in [4.78, 5) is 24.2. The van der Waals surface area contributed by atoms with Crippen molar-refractivity contribution < 1.29 is 19.1 Å². The molecule has 1 aliphatic heterocycles. The summed E-state index contributed by atoms with van der Waals surface area (Å²) in [6, 6.07) is 17.6. The van der Waals surface area contributed by atoms with Crippen LogP contribution < -0.4 is 0 Å². The van der Waals surface area contributed by atoms with Crippen LogP contribution in [-0.4, -0.2) is 27.9 Å². The van der Waals surface area contributed by atoms with Crippen LogP contribution in [0.2, 0.25) is 0 Å². The lowest BCUT2D eigenvalue weighted by molar-refractivity contribution is 0.0133. The van der Waals surface area contributed by atoms with Crippen molar-refractivity contribution in [3.63, 3.8) is 0 Å². The number of hydrogen-bond acceptors (Lipinski definition) is 6. The molecule has 0 spiro atoms. The molecular formula is C17H14O4S2. The summed E-state index contributed by atoms with van der Waals surface area (Å²) in [6.45, 7) is 0. The van der Waals surface area contributed by atoms with E-state index in [9.17, 15) is 9.59 Å². The maximum Gasteiger partial charge on any atom is 0.339 e. The fourth-order valence-electron chi connectivity index (χ4n) is 2.01. The number of hydrogen-bond donors (Lipinski definition) is 0. The quantitative estimate of drug-likeness (QED) is 0.785. The van der Waals surface area contributed by atoms with Crippen LogP contribution in [0.3, 0.4) is 0 Å². The highest BCUT2D eigenvalue weighted by molar-refractivity contribution is 8.19. The highest BCUT2D eigenvalue weighted by atomic mass is 32.2. The van der Waals surface area contributed by atoms with Crippen LogP contribution in [0.1, 0.15) is 20.7 Å². The standard InChI is InChI=1S/C17H14O4S2/c18-14(12-7-3-1-4-8-12)20-16-17(23-11-22-16)21-15(19)13-9-5-2-6-10-13/h1-10,16-17H,11H2. The maximum absolute atomic E-state index is 12.1. The number of esters is 2. The van der Waals surface area contributed by atoms with Crippen molar-refractivity contribution in [2.75, 3.05) is 5.08 Å². The molecule has 2 unspecified atom stereocenters. The number of carbonyl (C=O) groups excluding carboxylic acids is 2. The van der Waals surface area contributed by atoms with Crippen molar-refractivity contribution in [3.05, 3.63) is 71.8 Å². The minimum Gasteiger partial charge on any atom is -0.443 e. The molecule has 0 aromatic heterocycles. The Kier molecular flexibility index (Phi) is 5.25. The van der Waals surface area contributed by atoms with Gasteiger partial charge in [0.25, 0.3) is 0 Å². The molecule has 2 aromatic carbocycles. The van der Waals surface area contributed by atoms with E-state index in [1.165, 1.54) is 23.5 Å². The zero-order chi connectivity index (χ0) is 16.1. The molecule has 6 heteroatoms. The molecule has 23 heavy (non-hydrogen) atoms. The Bertz CT molecular complexity index is 616. The van der Waals surface area contributed by atoms with Crippen LogP contribution in [0, 0.1) is 0 Å². The van der Waals surface area contributed by atoms with Gasteiger partial charge >= 0.3 is 11.9 Å². The molecule has 0 bridgehead atoms. The largest absolute Gasteiger partial charge is 0.443 e. The molecule has 0 radical (unpaired) electrons. The number of thioether (sulfide) groups is 2. The third-order valence-electron chi connectivity index (χ3n) is 3.15. The van der Waals surface area contributed by atoms with E-state index in [1.807, 2.05) is 12.1 Å².